The van der Waals surface area contributed by atoms with Crippen LogP contribution in [0.3, 0.4) is 0 Å². The van der Waals surface area contributed by atoms with Crippen LogP contribution in [0.1, 0.15) is 58.4 Å². The van der Waals surface area contributed by atoms with Gasteiger partial charge in [-0.05, 0) is 57.7 Å². The molecule has 4 atom stereocenters. The molecule has 3 N–H and O–H groups in total. The molecule has 2 aromatic rings. The Balaban J connectivity index is 1.79. The lowest BCUT2D eigenvalue weighted by Gasteiger charge is -2.40. The number of ether oxygens (including phenoxy) is 1. The lowest BCUT2D eigenvalue weighted by molar-refractivity contribution is -0.872. The Morgan fingerprint density at radius 2 is 2.00 bits per heavy atom. The van der Waals surface area contributed by atoms with Crippen molar-refractivity contribution in [3.8, 4) is 5.69 Å². The third-order valence-corrected chi connectivity index (χ3v) is 7.57. The molecule has 0 bridgehead atoms. The van der Waals surface area contributed by atoms with E-state index in [-0.39, 0.29) is 25.4 Å². The fraction of sp³-hybridized carbons (Fsp3) is 0.577. The molecular formula is C26H35ClFN6O4+. The van der Waals surface area contributed by atoms with Gasteiger partial charge in [-0.25, -0.2) is 28.1 Å². The van der Waals surface area contributed by atoms with Gasteiger partial charge in [0, 0.05) is 17.0 Å². The zero-order chi connectivity index (χ0) is 27.7. The van der Waals surface area contributed by atoms with Gasteiger partial charge in [0.25, 0.3) is 5.91 Å². The highest BCUT2D eigenvalue weighted by molar-refractivity contribution is 6.30. The number of carbonyl (C=O) groups is 3. The van der Waals surface area contributed by atoms with Crippen LogP contribution in [0.5, 0.6) is 0 Å². The molecule has 10 nitrogen and oxygen atoms in total. The van der Waals surface area contributed by atoms with Crippen LogP contribution in [-0.2, 0) is 20.9 Å². The summed E-state index contributed by atoms with van der Waals surface area (Å²) in [7, 11) is 0. The van der Waals surface area contributed by atoms with Gasteiger partial charge in [-0.1, -0.05) is 24.4 Å². The molecule has 2 fully saturated rings. The van der Waals surface area contributed by atoms with Crippen molar-refractivity contribution in [1.82, 2.24) is 20.1 Å². The highest BCUT2D eigenvalue weighted by atomic mass is 35.5. The average Bonchev–Trinajstić information content (AvgIpc) is 3.58. The number of nitrogens with two attached hydrogens (primary N) is 1. The third kappa shape index (κ3) is 5.99. The van der Waals surface area contributed by atoms with E-state index in [4.69, 9.17) is 22.1 Å². The van der Waals surface area contributed by atoms with Crippen molar-refractivity contribution in [2.24, 2.45) is 11.7 Å². The number of alkyl halides is 1. The van der Waals surface area contributed by atoms with E-state index >= 15 is 4.39 Å². The largest absolute Gasteiger partial charge is 0.444 e. The number of amides is 3. The maximum absolute atomic E-state index is 15.1. The highest BCUT2D eigenvalue weighted by Crippen LogP contribution is 2.38. The van der Waals surface area contributed by atoms with E-state index < -0.39 is 46.2 Å². The smallest absolute Gasteiger partial charge is 0.408 e. The van der Waals surface area contributed by atoms with E-state index in [1.807, 2.05) is 0 Å². The van der Waals surface area contributed by atoms with Crippen molar-refractivity contribution < 1.29 is 28.0 Å². The van der Waals surface area contributed by atoms with Crippen LogP contribution >= 0.6 is 11.6 Å². The number of nitrogens with zero attached hydrogens (tertiary/aromatic N) is 4. The summed E-state index contributed by atoms with van der Waals surface area (Å²) in [5, 5.41) is 7.37. The second-order valence-corrected chi connectivity index (χ2v) is 11.7. The van der Waals surface area contributed by atoms with Gasteiger partial charge in [-0.3, -0.25) is 4.79 Å². The fourth-order valence-corrected chi connectivity index (χ4v) is 5.97. The number of likely N-dealkylation sites (tertiary alicyclic amines) is 1. The second kappa shape index (κ2) is 11.0. The first-order chi connectivity index (χ1) is 17.9. The Morgan fingerprint density at radius 1 is 1.29 bits per heavy atom. The minimum atomic E-state index is -1.43. The van der Waals surface area contributed by atoms with Crippen LogP contribution in [-0.4, -0.2) is 67.6 Å². The van der Waals surface area contributed by atoms with Crippen LogP contribution in [0.25, 0.3) is 5.69 Å². The number of hydrogen-bond acceptors (Lipinski definition) is 6. The van der Waals surface area contributed by atoms with Gasteiger partial charge in [0.1, 0.15) is 31.3 Å². The van der Waals surface area contributed by atoms with Crippen molar-refractivity contribution in [3.63, 3.8) is 0 Å². The van der Waals surface area contributed by atoms with Crippen LogP contribution in [0.4, 0.5) is 9.18 Å². The van der Waals surface area contributed by atoms with E-state index in [0.29, 0.717) is 29.1 Å². The second-order valence-electron chi connectivity index (χ2n) is 11.2. The molecule has 2 unspecified atom stereocenters. The topological polar surface area (TPSA) is 129 Å². The number of benzene rings is 1. The van der Waals surface area contributed by atoms with Crippen LogP contribution in [0.2, 0.25) is 5.02 Å². The molecule has 12 heteroatoms. The summed E-state index contributed by atoms with van der Waals surface area (Å²) in [6.07, 6.45) is 3.74. The molecule has 1 aliphatic carbocycles. The molecule has 3 amide bonds. The summed E-state index contributed by atoms with van der Waals surface area (Å²) in [6, 6.07) is 2.97. The summed E-state index contributed by atoms with van der Waals surface area (Å²) in [6.45, 7) is 4.87. The quantitative estimate of drug-likeness (QED) is 0.509. The Labute approximate surface area is 226 Å². The maximum Gasteiger partial charge on any atom is 0.408 e. The number of aromatic nitrogens is 3. The molecule has 1 saturated heterocycles. The van der Waals surface area contributed by atoms with Crippen LogP contribution in [0.15, 0.2) is 30.9 Å². The Bertz CT molecular complexity index is 1180. The van der Waals surface area contributed by atoms with Crippen molar-refractivity contribution in [1.29, 1.82) is 0 Å². The maximum atomic E-state index is 15.1. The summed E-state index contributed by atoms with van der Waals surface area (Å²) < 4.78 is 21.5. The molecular weight excluding hydrogens is 515 g/mol. The monoisotopic (exact) mass is 549 g/mol. The van der Waals surface area contributed by atoms with E-state index in [0.717, 1.165) is 12.8 Å². The van der Waals surface area contributed by atoms with Gasteiger partial charge in [0.2, 0.25) is 0 Å². The van der Waals surface area contributed by atoms with Crippen molar-refractivity contribution in [2.75, 3.05) is 6.54 Å². The molecule has 1 aromatic carbocycles. The van der Waals surface area contributed by atoms with Gasteiger partial charge >= 0.3 is 12.0 Å². The molecule has 2 aliphatic rings. The SMILES string of the molecule is CC(C)(C)OC(=O)N[C@@H](C(=O)[N+]1(Cc2cc(Cl)ccc2-n2cncn2)C[C@H](F)CC1C(N)=O)C1CCCC1. The molecule has 4 rings (SSSR count). The predicted molar refractivity (Wildman–Crippen MR) is 138 cm³/mol. The first-order valence-corrected chi connectivity index (χ1v) is 13.2. The van der Waals surface area contributed by atoms with Gasteiger partial charge in [0.05, 0.1) is 5.69 Å². The van der Waals surface area contributed by atoms with Crippen LogP contribution in [0, 0.1) is 5.92 Å². The van der Waals surface area contributed by atoms with Crippen molar-refractivity contribution >= 4 is 29.5 Å². The molecule has 0 radical (unpaired) electrons. The van der Waals surface area contributed by atoms with Crippen molar-refractivity contribution in [2.45, 2.75) is 83.3 Å². The van der Waals surface area contributed by atoms with Gasteiger partial charge < -0.3 is 15.8 Å². The van der Waals surface area contributed by atoms with Gasteiger partial charge in [0.15, 0.2) is 18.3 Å². The predicted octanol–water partition coefficient (Wildman–Crippen LogP) is 3.44. The Kier molecular flexibility index (Phi) is 8.08. The number of halogens is 2. The minimum Gasteiger partial charge on any atom is -0.444 e. The number of alkyl carbamates (subject to hydrolysis) is 1. The zero-order valence-corrected chi connectivity index (χ0v) is 22.7. The molecule has 1 aromatic heterocycles. The number of rotatable bonds is 7. The number of carbonyl (C=O) groups excluding carboxylic acids is 3. The van der Waals surface area contributed by atoms with E-state index in [2.05, 4.69) is 15.4 Å². The van der Waals surface area contributed by atoms with Crippen molar-refractivity contribution in [3.05, 3.63) is 41.4 Å². The molecule has 2 heterocycles. The highest BCUT2D eigenvalue weighted by Gasteiger charge is 2.58. The first kappa shape index (κ1) is 28.0. The number of nitrogens with one attached hydrogen (secondary N) is 1. The summed E-state index contributed by atoms with van der Waals surface area (Å²) in [5.74, 6) is -1.41. The normalized spacial score (nSPS) is 24.8. The lowest BCUT2D eigenvalue weighted by Crippen LogP contribution is -2.66. The summed E-state index contributed by atoms with van der Waals surface area (Å²) in [4.78, 5) is 44.1. The first-order valence-electron chi connectivity index (χ1n) is 12.9. The molecule has 206 valence electrons. The summed E-state index contributed by atoms with van der Waals surface area (Å²) >= 11 is 6.34. The molecule has 1 aliphatic heterocycles. The minimum absolute atomic E-state index is 0.0676. The van der Waals surface area contributed by atoms with Gasteiger partial charge in [-0.2, -0.15) is 5.10 Å². The summed E-state index contributed by atoms with van der Waals surface area (Å²) in [5.41, 5.74) is 6.16. The molecule has 1 saturated carbocycles. The molecule has 0 spiro atoms. The number of primary amides is 1. The van der Waals surface area contributed by atoms with E-state index in [1.54, 1.807) is 39.0 Å². The fourth-order valence-electron chi connectivity index (χ4n) is 5.78. The Hall–Kier alpha value is -3.05. The number of hydrogen-bond donors (Lipinski definition) is 2. The third-order valence-electron chi connectivity index (χ3n) is 7.34. The molecule has 38 heavy (non-hydrogen) atoms. The van der Waals surface area contributed by atoms with Crippen LogP contribution < -0.4 is 11.1 Å². The van der Waals surface area contributed by atoms with E-state index in [9.17, 15) is 14.4 Å². The van der Waals surface area contributed by atoms with E-state index in [1.165, 1.54) is 17.3 Å². The standard InChI is InChI=1S/C26H34ClFN6O4/c1-26(2,3)38-25(37)32-22(16-6-4-5-7-16)24(36)34(13-19(28)11-21(34)23(29)35)12-17-10-18(27)8-9-20(17)33-15-30-14-31-33/h8-10,14-16,19,21-22H,4-7,11-13H2,1-3H3,(H2-,29,32,35,37)/p+1/t19-,21?,22-,34?/m1/s1. The lowest BCUT2D eigenvalue weighted by atomic mass is 9.94. The van der Waals surface area contributed by atoms with Gasteiger partial charge in [-0.15, -0.1) is 0 Å². The Morgan fingerprint density at radius 3 is 2.61 bits per heavy atom. The zero-order valence-electron chi connectivity index (χ0n) is 21.9. The average molecular weight is 550 g/mol. The number of quaternary nitrogens is 1.